The Balaban J connectivity index is 1.41. The molecule has 1 amide bonds. The van der Waals surface area contributed by atoms with Crippen molar-refractivity contribution in [2.75, 3.05) is 11.9 Å². The lowest BCUT2D eigenvalue weighted by Gasteiger charge is -2.25. The summed E-state index contributed by atoms with van der Waals surface area (Å²) >= 11 is 3.51. The number of amides is 1. The first kappa shape index (κ1) is 28.4. The molecule has 232 valence electrons. The zero-order valence-electron chi connectivity index (χ0n) is 26.1. The molecule has 2 aliphatic rings. The fourth-order valence-electron chi connectivity index (χ4n) is 6.35. The molecule has 7 aromatic rings. The largest absolute Gasteiger partial charge is 0.324 e. The molecular weight excluding hydrogens is 666 g/mol. The van der Waals surface area contributed by atoms with Crippen molar-refractivity contribution in [2.24, 2.45) is 0 Å². The second-order valence-corrected chi connectivity index (χ2v) is 14.3. The zero-order chi connectivity index (χ0) is 32.7. The van der Waals surface area contributed by atoms with Gasteiger partial charge in [-0.3, -0.25) is 4.79 Å². The maximum Gasteiger partial charge on any atom is 0.243 e. The average Bonchev–Trinajstić information content (AvgIpc) is 3.82. The molecule has 4 aromatic carbocycles. The molecule has 0 fully saturated rings. The third kappa shape index (κ3) is 4.42. The van der Waals surface area contributed by atoms with E-state index in [9.17, 15) is 4.79 Å². The van der Waals surface area contributed by atoms with Crippen LogP contribution in [-0.4, -0.2) is 57.2 Å². The van der Waals surface area contributed by atoms with Crippen LogP contribution in [0.3, 0.4) is 0 Å². The van der Waals surface area contributed by atoms with Gasteiger partial charge < -0.3 is 14.9 Å². The molecule has 0 saturated carbocycles. The minimum absolute atomic E-state index is 0.0808. The summed E-state index contributed by atoms with van der Waals surface area (Å²) in [7, 11) is 1.77. The number of nitrogens with one attached hydrogen (secondary N) is 2. The van der Waals surface area contributed by atoms with Crippen molar-refractivity contribution in [3.63, 3.8) is 0 Å². The van der Waals surface area contributed by atoms with Crippen molar-refractivity contribution in [3.8, 4) is 45.6 Å². The van der Waals surface area contributed by atoms with E-state index in [-0.39, 0.29) is 5.91 Å². The Kier molecular flexibility index (Phi) is 6.12. The molecule has 2 N–H and O–H groups in total. The highest BCUT2D eigenvalue weighted by Crippen LogP contribution is 2.39. The number of halogens is 1. The monoisotopic (exact) mass is 691 g/mol. The van der Waals surface area contributed by atoms with Gasteiger partial charge in [-0.15, -0.1) is 0 Å². The number of hydrogen-bond acceptors (Lipinski definition) is 7. The Morgan fingerprint density at radius 3 is 1.35 bits per heavy atom. The predicted molar refractivity (Wildman–Crippen MR) is 192 cm³/mol. The van der Waals surface area contributed by atoms with E-state index in [0.29, 0.717) is 51.6 Å². The number of aromatic amines is 2. The maximum atomic E-state index is 13.2. The Morgan fingerprint density at radius 2 is 0.938 bits per heavy atom. The standard InChI is InChI=1S/C37H26BrN9O/c1-37(2,38)36(48)47(3)19-16-17-26-27(18-19)35-45-33-25-15-9-8-14-24(25)31(43-33)41-29-21-11-5-4-10-20(21)28(39-29)40-30-22-12-6-7-13-23(22)32(42-30)44-34(26)46-35/h4-18H,1-3H3,(H2,39,40,41,42,43,44,45,46). The highest BCUT2D eigenvalue weighted by atomic mass is 79.9. The van der Waals surface area contributed by atoms with Crippen LogP contribution >= 0.6 is 15.9 Å². The molecule has 0 atom stereocenters. The number of fused-ring (bicyclic) bond motifs is 20. The third-order valence-corrected chi connectivity index (χ3v) is 9.08. The third-order valence-electron chi connectivity index (χ3n) is 8.74. The van der Waals surface area contributed by atoms with Crippen LogP contribution in [0.2, 0.25) is 0 Å². The van der Waals surface area contributed by atoms with Crippen LogP contribution in [0.25, 0.3) is 89.7 Å². The van der Waals surface area contributed by atoms with Crippen LogP contribution in [-0.2, 0) is 4.79 Å². The summed E-state index contributed by atoms with van der Waals surface area (Å²) in [5, 5.41) is 3.60. The molecule has 10 nitrogen and oxygen atoms in total. The van der Waals surface area contributed by atoms with Gasteiger partial charge in [0.15, 0.2) is 23.3 Å². The number of carbonyl (C=O) groups is 1. The van der Waals surface area contributed by atoms with Gasteiger partial charge in [-0.2, -0.15) is 0 Å². The van der Waals surface area contributed by atoms with Crippen molar-refractivity contribution in [3.05, 3.63) is 91.0 Å². The van der Waals surface area contributed by atoms with Crippen LogP contribution in [0.5, 0.6) is 0 Å². The quantitative estimate of drug-likeness (QED) is 0.176. The molecule has 5 heterocycles. The molecule has 48 heavy (non-hydrogen) atoms. The molecular formula is C37H26BrN9O. The van der Waals surface area contributed by atoms with Gasteiger partial charge in [0.2, 0.25) is 5.91 Å². The van der Waals surface area contributed by atoms with Gasteiger partial charge in [0.05, 0.1) is 4.32 Å². The SMILES string of the molecule is CN(C(=O)C(C)(C)Br)c1ccc2c(c1)-c1nc-2nc2[nH]c(nc3nc(nc4[nH]c(n1)c1ccccc41)-c1ccccc1-3)c1ccccc21. The van der Waals surface area contributed by atoms with Crippen LogP contribution in [0.1, 0.15) is 13.8 Å². The molecule has 0 unspecified atom stereocenters. The van der Waals surface area contributed by atoms with Crippen LogP contribution in [0.4, 0.5) is 5.69 Å². The number of hydrogen-bond donors (Lipinski definition) is 2. The van der Waals surface area contributed by atoms with E-state index in [1.165, 1.54) is 0 Å². The number of benzene rings is 4. The Hall–Kier alpha value is -5.81. The predicted octanol–water partition coefficient (Wildman–Crippen LogP) is 8.01. The fourth-order valence-corrected chi connectivity index (χ4v) is 6.62. The molecule has 11 heteroatoms. The van der Waals surface area contributed by atoms with Gasteiger partial charge in [0, 0.05) is 56.5 Å². The Morgan fingerprint density at radius 1 is 0.562 bits per heavy atom. The first-order valence-electron chi connectivity index (χ1n) is 15.4. The van der Waals surface area contributed by atoms with Crippen LogP contribution in [0, 0.1) is 0 Å². The lowest BCUT2D eigenvalue weighted by molar-refractivity contribution is -0.119. The number of carbonyl (C=O) groups excluding carboxylic acids is 1. The maximum absolute atomic E-state index is 13.2. The van der Waals surface area contributed by atoms with Gasteiger partial charge in [-0.1, -0.05) is 88.7 Å². The molecule has 8 bridgehead atoms. The lowest BCUT2D eigenvalue weighted by atomic mass is 10.1. The van der Waals surface area contributed by atoms with Crippen molar-refractivity contribution in [1.82, 2.24) is 39.9 Å². The molecule has 9 rings (SSSR count). The number of anilines is 1. The molecule has 0 saturated heterocycles. The van der Waals surface area contributed by atoms with E-state index in [1.807, 2.05) is 105 Å². The summed E-state index contributed by atoms with van der Waals surface area (Å²) in [4.78, 5) is 51.9. The summed E-state index contributed by atoms with van der Waals surface area (Å²) in [6.45, 7) is 3.66. The van der Waals surface area contributed by atoms with Crippen molar-refractivity contribution < 1.29 is 4.79 Å². The highest BCUT2D eigenvalue weighted by molar-refractivity contribution is 9.10. The smallest absolute Gasteiger partial charge is 0.243 e. The number of alkyl halides is 1. The first-order valence-corrected chi connectivity index (χ1v) is 16.2. The van der Waals surface area contributed by atoms with Gasteiger partial charge in [-0.05, 0) is 32.0 Å². The van der Waals surface area contributed by atoms with Gasteiger partial charge in [0.1, 0.15) is 22.6 Å². The van der Waals surface area contributed by atoms with Crippen LogP contribution < -0.4 is 4.90 Å². The zero-order valence-corrected chi connectivity index (χ0v) is 27.7. The number of H-pyrrole nitrogens is 2. The van der Waals surface area contributed by atoms with Gasteiger partial charge >= 0.3 is 0 Å². The van der Waals surface area contributed by atoms with E-state index in [2.05, 4.69) is 25.9 Å². The van der Waals surface area contributed by atoms with Crippen molar-refractivity contribution in [1.29, 1.82) is 0 Å². The normalized spacial score (nSPS) is 12.2. The van der Waals surface area contributed by atoms with Crippen molar-refractivity contribution >= 4 is 71.7 Å². The van der Waals surface area contributed by atoms with E-state index >= 15 is 0 Å². The molecule has 0 spiro atoms. The van der Waals surface area contributed by atoms with E-state index < -0.39 is 4.32 Å². The molecule has 0 radical (unpaired) electrons. The van der Waals surface area contributed by atoms with Gasteiger partial charge in [-0.25, -0.2) is 29.9 Å². The van der Waals surface area contributed by atoms with Crippen molar-refractivity contribution in [2.45, 2.75) is 18.2 Å². The molecule has 3 aromatic heterocycles. The summed E-state index contributed by atoms with van der Waals surface area (Å²) in [6.07, 6.45) is 0. The lowest BCUT2D eigenvalue weighted by Crippen LogP contribution is -2.39. The van der Waals surface area contributed by atoms with E-state index in [1.54, 1.807) is 11.9 Å². The Bertz CT molecular complexity index is 2670. The molecule has 2 aliphatic heterocycles. The Labute approximate surface area is 282 Å². The first-order chi connectivity index (χ1) is 23.2. The molecule has 0 aliphatic carbocycles. The summed E-state index contributed by atoms with van der Waals surface area (Å²) in [5.74, 6) is 2.00. The highest BCUT2D eigenvalue weighted by Gasteiger charge is 2.29. The topological polar surface area (TPSA) is 129 Å². The minimum atomic E-state index is -0.735. The summed E-state index contributed by atoms with van der Waals surface area (Å²) < 4.78 is -0.735. The summed E-state index contributed by atoms with van der Waals surface area (Å²) in [6, 6.07) is 29.7. The van der Waals surface area contributed by atoms with Crippen LogP contribution in [0.15, 0.2) is 91.0 Å². The second-order valence-electron chi connectivity index (χ2n) is 12.3. The minimum Gasteiger partial charge on any atom is -0.324 e. The number of rotatable bonds is 2. The van der Waals surface area contributed by atoms with E-state index in [0.717, 1.165) is 43.8 Å². The number of aromatic nitrogens is 8. The summed E-state index contributed by atoms with van der Waals surface area (Å²) in [5.41, 5.74) is 6.55. The van der Waals surface area contributed by atoms with Gasteiger partial charge in [0.25, 0.3) is 0 Å². The second kappa shape index (κ2) is 10.3. The average molecular weight is 693 g/mol. The van der Waals surface area contributed by atoms with E-state index in [4.69, 9.17) is 29.9 Å². The number of nitrogens with zero attached hydrogens (tertiary/aromatic N) is 7. The fraction of sp³-hybridized carbons (Fsp3) is 0.108.